The highest BCUT2D eigenvalue weighted by atomic mass is 16.7. The van der Waals surface area contributed by atoms with Crippen molar-refractivity contribution < 1.29 is 54.4 Å². The zero-order valence-corrected chi connectivity index (χ0v) is 13.6. The van der Waals surface area contributed by atoms with Crippen LogP contribution in [0.2, 0.25) is 0 Å². The fourth-order valence-electron chi connectivity index (χ4n) is 2.66. The molecule has 0 spiro atoms. The van der Waals surface area contributed by atoms with Gasteiger partial charge in [-0.2, -0.15) is 0 Å². The number of rotatable bonds is 5. The molecule has 148 valence electrons. The highest BCUT2D eigenvalue weighted by Gasteiger charge is 2.48. The van der Waals surface area contributed by atoms with Gasteiger partial charge in [-0.1, -0.05) is 0 Å². The van der Waals surface area contributed by atoms with E-state index >= 15 is 0 Å². The number of aliphatic hydroxyl groups is 5. The summed E-state index contributed by atoms with van der Waals surface area (Å²) >= 11 is 0. The number of carboxylic acids is 1. The van der Waals surface area contributed by atoms with Gasteiger partial charge in [0.05, 0.1) is 6.61 Å². The molecule has 2 rings (SSSR count). The molecule has 0 unspecified atom stereocenters. The number of hydrogen-bond donors (Lipinski definition) is 6. The molecule has 0 radical (unpaired) electrons. The Morgan fingerprint density at radius 2 is 1.92 bits per heavy atom. The van der Waals surface area contributed by atoms with Gasteiger partial charge in [0.15, 0.2) is 6.29 Å². The first kappa shape index (κ1) is 20.5. The summed E-state index contributed by atoms with van der Waals surface area (Å²) in [5.74, 6) is -3.19. The van der Waals surface area contributed by atoms with Crippen LogP contribution >= 0.6 is 0 Å². The molecule has 0 saturated carbocycles. The van der Waals surface area contributed by atoms with E-state index < -0.39 is 73.4 Å². The normalized spacial score (nSPS) is 40.3. The van der Waals surface area contributed by atoms with Gasteiger partial charge in [0.2, 0.25) is 12.2 Å². The number of carboxylic acid groups (broad SMARTS) is 1. The molecule has 2 heterocycles. The Morgan fingerprint density at radius 3 is 2.46 bits per heavy atom. The minimum Gasteiger partial charge on any atom is -0.542 e. The molecule has 8 atom stereocenters. The van der Waals surface area contributed by atoms with Crippen LogP contribution in [0.3, 0.4) is 0 Å². The van der Waals surface area contributed by atoms with Crippen LogP contribution in [0.5, 0.6) is 0 Å². The predicted molar refractivity (Wildman–Crippen MR) is 76.4 cm³/mol. The van der Waals surface area contributed by atoms with E-state index in [0.717, 1.165) is 6.92 Å². The van der Waals surface area contributed by atoms with E-state index in [4.69, 9.17) is 14.2 Å². The maximum atomic E-state index is 11.3. The van der Waals surface area contributed by atoms with Gasteiger partial charge in [0.1, 0.15) is 48.3 Å². The van der Waals surface area contributed by atoms with E-state index in [2.05, 4.69) is 5.32 Å². The molecule has 12 heteroatoms. The summed E-state index contributed by atoms with van der Waals surface area (Å²) in [6, 6.07) is -1.34. The second kappa shape index (κ2) is 8.26. The average molecular weight is 378 g/mol. The second-order valence-corrected chi connectivity index (χ2v) is 5.85. The summed E-state index contributed by atoms with van der Waals surface area (Å²) in [4.78, 5) is 22.2. The molecule has 0 bridgehead atoms. The number of aliphatic carboxylic acids is 1. The number of carbonyl (C=O) groups excluding carboxylic acids is 2. The Bertz CT molecular complexity index is 567. The summed E-state index contributed by atoms with van der Waals surface area (Å²) in [5.41, 5.74) is 0. The minimum atomic E-state index is -1.77. The van der Waals surface area contributed by atoms with Gasteiger partial charge in [0, 0.05) is 6.92 Å². The first-order valence-electron chi connectivity index (χ1n) is 7.66. The Hall–Kier alpha value is -1.80. The Kier molecular flexibility index (Phi) is 6.52. The lowest BCUT2D eigenvalue weighted by atomic mass is 9.96. The zero-order valence-electron chi connectivity index (χ0n) is 13.6. The van der Waals surface area contributed by atoms with Crippen molar-refractivity contribution in [2.45, 2.75) is 56.1 Å². The quantitative estimate of drug-likeness (QED) is 0.267. The van der Waals surface area contributed by atoms with Crippen LogP contribution in [0.1, 0.15) is 6.92 Å². The molecule has 1 amide bonds. The highest BCUT2D eigenvalue weighted by molar-refractivity contribution is 5.82. The summed E-state index contributed by atoms with van der Waals surface area (Å²) in [6.07, 6.45) is -10.5. The molecule has 0 aromatic carbocycles. The van der Waals surface area contributed by atoms with Gasteiger partial charge in [-0.05, 0) is 6.08 Å². The number of amides is 1. The van der Waals surface area contributed by atoms with E-state index in [1.54, 1.807) is 0 Å². The van der Waals surface area contributed by atoms with Crippen molar-refractivity contribution in [1.82, 2.24) is 5.32 Å². The topological polar surface area (TPSA) is 198 Å². The lowest BCUT2D eigenvalue weighted by molar-refractivity contribution is -0.320. The molecule has 6 N–H and O–H groups in total. The summed E-state index contributed by atoms with van der Waals surface area (Å²) in [5, 5.41) is 62.3. The molecule has 0 aliphatic carbocycles. The van der Waals surface area contributed by atoms with Crippen LogP contribution in [-0.4, -0.2) is 93.2 Å². The van der Waals surface area contributed by atoms with E-state index in [-0.39, 0.29) is 0 Å². The molecular formula is C14H20NO11-. The Labute approximate surface area is 147 Å². The van der Waals surface area contributed by atoms with Crippen molar-refractivity contribution in [3.05, 3.63) is 11.8 Å². The summed E-state index contributed by atoms with van der Waals surface area (Å²) in [7, 11) is 0. The van der Waals surface area contributed by atoms with Crippen LogP contribution in [0.15, 0.2) is 11.8 Å². The van der Waals surface area contributed by atoms with Gasteiger partial charge < -0.3 is 55.0 Å². The van der Waals surface area contributed by atoms with Crippen LogP contribution in [0.25, 0.3) is 0 Å². The fraction of sp³-hybridized carbons (Fsp3) is 0.714. The van der Waals surface area contributed by atoms with E-state index in [9.17, 15) is 40.2 Å². The van der Waals surface area contributed by atoms with Crippen LogP contribution < -0.4 is 10.4 Å². The number of hydrogen-bond acceptors (Lipinski definition) is 11. The van der Waals surface area contributed by atoms with Crippen molar-refractivity contribution in [2.24, 2.45) is 0 Å². The van der Waals surface area contributed by atoms with Gasteiger partial charge in [0.25, 0.3) is 0 Å². The van der Waals surface area contributed by atoms with E-state index in [1.807, 2.05) is 0 Å². The second-order valence-electron chi connectivity index (χ2n) is 5.85. The molecule has 0 aromatic rings. The maximum Gasteiger partial charge on any atom is 0.229 e. The fourth-order valence-corrected chi connectivity index (χ4v) is 2.66. The van der Waals surface area contributed by atoms with E-state index in [0.29, 0.717) is 6.08 Å². The number of nitrogens with one attached hydrogen (secondary N) is 1. The lowest BCUT2D eigenvalue weighted by Gasteiger charge is -2.44. The largest absolute Gasteiger partial charge is 0.542 e. The van der Waals surface area contributed by atoms with Crippen molar-refractivity contribution in [3.63, 3.8) is 0 Å². The van der Waals surface area contributed by atoms with Gasteiger partial charge in [-0.15, -0.1) is 0 Å². The standard InChI is InChI=1S/C14H21NO11/c1-4(17)15-8-11(10(20)7(3-16)24-13(8)23)26-14-9(19)5(18)2-6(25-14)12(21)22/h2,5,7-11,13-14,16,18-20,23H,3H2,1H3,(H,15,17)(H,21,22)/p-1/t5-,7+,8+,9+,10+,11+,13+,14-/m0/s1. The number of carbonyl (C=O) groups is 2. The third-order valence-electron chi connectivity index (χ3n) is 3.93. The Balaban J connectivity index is 2.24. The average Bonchev–Trinajstić information content (AvgIpc) is 2.56. The van der Waals surface area contributed by atoms with Gasteiger partial charge in [-0.25, -0.2) is 0 Å². The zero-order chi connectivity index (χ0) is 19.6. The predicted octanol–water partition coefficient (Wildman–Crippen LogP) is -5.34. The van der Waals surface area contributed by atoms with Crippen LogP contribution in [-0.2, 0) is 23.8 Å². The SMILES string of the molecule is CC(=O)N[C@@H]1[C@@H](O[C@@H]2OC(C(=O)[O-])=C[C@H](O)[C@H]2O)[C@H](O)[C@@H](CO)O[C@H]1O. The van der Waals surface area contributed by atoms with Gasteiger partial charge in [-0.3, -0.25) is 4.79 Å². The van der Waals surface area contributed by atoms with Crippen LogP contribution in [0.4, 0.5) is 0 Å². The lowest BCUT2D eigenvalue weighted by Crippen LogP contribution is -2.66. The molecule has 26 heavy (non-hydrogen) atoms. The highest BCUT2D eigenvalue weighted by Crippen LogP contribution is 2.27. The number of aliphatic hydroxyl groups excluding tert-OH is 5. The molecule has 2 aliphatic rings. The van der Waals surface area contributed by atoms with E-state index in [1.165, 1.54) is 0 Å². The molecule has 2 aliphatic heterocycles. The minimum absolute atomic E-state index is 0.610. The molecule has 0 aromatic heterocycles. The molecular weight excluding hydrogens is 358 g/mol. The third kappa shape index (κ3) is 4.29. The smallest absolute Gasteiger partial charge is 0.229 e. The monoisotopic (exact) mass is 378 g/mol. The number of ether oxygens (including phenoxy) is 3. The van der Waals surface area contributed by atoms with Crippen molar-refractivity contribution in [3.8, 4) is 0 Å². The molecule has 1 fully saturated rings. The first-order chi connectivity index (χ1) is 12.1. The molecule has 12 nitrogen and oxygen atoms in total. The first-order valence-corrected chi connectivity index (χ1v) is 7.66. The summed E-state index contributed by atoms with van der Waals surface area (Å²) < 4.78 is 15.2. The summed E-state index contributed by atoms with van der Waals surface area (Å²) in [6.45, 7) is 0.423. The van der Waals surface area contributed by atoms with Crippen LogP contribution in [0, 0.1) is 0 Å². The van der Waals surface area contributed by atoms with Crippen molar-refractivity contribution in [2.75, 3.05) is 6.61 Å². The van der Waals surface area contributed by atoms with Gasteiger partial charge >= 0.3 is 0 Å². The van der Waals surface area contributed by atoms with Crippen molar-refractivity contribution >= 4 is 11.9 Å². The maximum absolute atomic E-state index is 11.3. The van der Waals surface area contributed by atoms with Crippen molar-refractivity contribution in [1.29, 1.82) is 0 Å². The Morgan fingerprint density at radius 1 is 1.27 bits per heavy atom. The third-order valence-corrected chi connectivity index (χ3v) is 3.93. The molecule has 1 saturated heterocycles.